The lowest BCUT2D eigenvalue weighted by molar-refractivity contribution is -0.126. The molecule has 4 rings (SSSR count). The zero-order chi connectivity index (χ0) is 24.2. The summed E-state index contributed by atoms with van der Waals surface area (Å²) in [6, 6.07) is 13.4. The molecule has 0 atom stereocenters. The number of methoxy groups -OCH3 is 1. The van der Waals surface area contributed by atoms with E-state index in [1.807, 2.05) is 18.2 Å². The summed E-state index contributed by atoms with van der Waals surface area (Å²) < 4.78 is 48.4. The second-order valence-electron chi connectivity index (χ2n) is 7.93. The quantitative estimate of drug-likeness (QED) is 0.405. The highest BCUT2D eigenvalue weighted by atomic mass is 79.9. The Kier molecular flexibility index (Phi) is 7.36. The molecule has 0 saturated heterocycles. The maximum absolute atomic E-state index is 14.9. The number of rotatable bonds is 7. The molecule has 0 spiro atoms. The number of ether oxygens (including phenoxy) is 1. The molecule has 1 amide bonds. The molecule has 0 saturated carbocycles. The zero-order valence-electron chi connectivity index (χ0n) is 18.5. The molecule has 34 heavy (non-hydrogen) atoms. The van der Waals surface area contributed by atoms with Gasteiger partial charge in [-0.1, -0.05) is 28.1 Å². The van der Waals surface area contributed by atoms with Gasteiger partial charge in [0.15, 0.2) is 0 Å². The second kappa shape index (κ2) is 10.4. The molecule has 3 aromatic rings. The summed E-state index contributed by atoms with van der Waals surface area (Å²) in [5, 5.41) is 0. The number of nitrogens with zero attached hydrogens (tertiary/aromatic N) is 2. The van der Waals surface area contributed by atoms with Crippen molar-refractivity contribution in [1.82, 2.24) is 4.90 Å². The van der Waals surface area contributed by atoms with E-state index in [1.165, 1.54) is 11.0 Å². The number of halogens is 4. The predicted molar refractivity (Wildman–Crippen MR) is 128 cm³/mol. The van der Waals surface area contributed by atoms with E-state index in [9.17, 15) is 18.0 Å². The predicted octanol–water partition coefficient (Wildman–Crippen LogP) is 5.49. The van der Waals surface area contributed by atoms with Crippen molar-refractivity contribution in [2.75, 3.05) is 20.2 Å². The van der Waals surface area contributed by atoms with Crippen LogP contribution >= 0.6 is 15.9 Å². The van der Waals surface area contributed by atoms with Gasteiger partial charge in [-0.15, -0.1) is 0 Å². The van der Waals surface area contributed by atoms with Crippen LogP contribution in [0.25, 0.3) is 0 Å². The van der Waals surface area contributed by atoms with Gasteiger partial charge >= 0.3 is 0 Å². The molecule has 0 radical (unpaired) electrons. The van der Waals surface area contributed by atoms with Crippen LogP contribution < -0.4 is 4.74 Å². The van der Waals surface area contributed by atoms with Crippen LogP contribution in [-0.2, 0) is 24.1 Å². The van der Waals surface area contributed by atoms with Crippen LogP contribution in [0.2, 0.25) is 0 Å². The standard InChI is InChI=1S/C26H22BrF3N2O2/c1-34-24-8-6-18(27)14-17(24)5-7-21-22(3-2-4-23(21)30)26-31-9-10-32(26)25(33)13-16-11-19(28)15-20(29)12-16/h2-4,6,8,11-12,14-15H,5,7,9-10,13H2,1H3. The molecule has 0 aromatic heterocycles. The van der Waals surface area contributed by atoms with Gasteiger partial charge in [0.05, 0.1) is 20.1 Å². The molecule has 3 aromatic carbocycles. The molecule has 1 aliphatic rings. The minimum Gasteiger partial charge on any atom is -0.496 e. The summed E-state index contributed by atoms with van der Waals surface area (Å²) in [6.45, 7) is 0.690. The van der Waals surface area contributed by atoms with Gasteiger partial charge in [0.2, 0.25) is 5.91 Å². The molecular formula is C26H22BrF3N2O2. The Hall–Kier alpha value is -3.13. The van der Waals surface area contributed by atoms with Crippen molar-refractivity contribution in [3.05, 3.63) is 98.8 Å². The van der Waals surface area contributed by atoms with Gasteiger partial charge in [0.25, 0.3) is 0 Å². The number of amides is 1. The normalized spacial score (nSPS) is 13.2. The molecular weight excluding hydrogens is 509 g/mol. The highest BCUT2D eigenvalue weighted by molar-refractivity contribution is 9.10. The third-order valence-electron chi connectivity index (χ3n) is 5.67. The minimum atomic E-state index is -0.742. The smallest absolute Gasteiger partial charge is 0.232 e. The maximum Gasteiger partial charge on any atom is 0.232 e. The van der Waals surface area contributed by atoms with Crippen LogP contribution in [0, 0.1) is 17.5 Å². The lowest BCUT2D eigenvalue weighted by Gasteiger charge is -2.21. The van der Waals surface area contributed by atoms with E-state index in [1.54, 1.807) is 19.2 Å². The minimum absolute atomic E-state index is 0.187. The van der Waals surface area contributed by atoms with Crippen molar-refractivity contribution >= 4 is 27.7 Å². The Labute approximate surface area is 204 Å². The summed E-state index contributed by atoms with van der Waals surface area (Å²) in [7, 11) is 1.59. The first-order chi connectivity index (χ1) is 16.4. The number of benzene rings is 3. The molecule has 0 unspecified atom stereocenters. The first kappa shape index (κ1) is 24.0. The summed E-state index contributed by atoms with van der Waals surface area (Å²) in [6.07, 6.45) is 0.693. The lowest BCUT2D eigenvalue weighted by Crippen LogP contribution is -2.36. The molecule has 1 aliphatic heterocycles. The third kappa shape index (κ3) is 5.33. The molecule has 0 bridgehead atoms. The second-order valence-corrected chi connectivity index (χ2v) is 8.84. The van der Waals surface area contributed by atoms with Gasteiger partial charge < -0.3 is 4.74 Å². The topological polar surface area (TPSA) is 41.9 Å². The van der Waals surface area contributed by atoms with E-state index in [2.05, 4.69) is 20.9 Å². The van der Waals surface area contributed by atoms with Crippen LogP contribution in [0.4, 0.5) is 13.2 Å². The van der Waals surface area contributed by atoms with E-state index >= 15 is 0 Å². The van der Waals surface area contributed by atoms with Gasteiger partial charge in [-0.05, 0) is 65.9 Å². The van der Waals surface area contributed by atoms with Crippen molar-refractivity contribution in [2.24, 2.45) is 4.99 Å². The summed E-state index contributed by atoms with van der Waals surface area (Å²) in [4.78, 5) is 18.9. The van der Waals surface area contributed by atoms with E-state index in [0.29, 0.717) is 48.6 Å². The Morgan fingerprint density at radius 3 is 2.56 bits per heavy atom. The molecule has 1 heterocycles. The Bertz CT molecular complexity index is 1240. The highest BCUT2D eigenvalue weighted by Crippen LogP contribution is 2.27. The number of hydrogen-bond donors (Lipinski definition) is 0. The van der Waals surface area contributed by atoms with Crippen molar-refractivity contribution < 1.29 is 22.7 Å². The number of carbonyl (C=O) groups is 1. The number of carbonyl (C=O) groups excluding carboxylic acids is 1. The lowest BCUT2D eigenvalue weighted by atomic mass is 9.97. The summed E-state index contributed by atoms with van der Waals surface area (Å²) in [5.74, 6) is -1.15. The van der Waals surface area contributed by atoms with Crippen LogP contribution in [0.3, 0.4) is 0 Å². The van der Waals surface area contributed by atoms with Crippen LogP contribution in [0.1, 0.15) is 22.3 Å². The molecule has 4 nitrogen and oxygen atoms in total. The third-order valence-corrected chi connectivity index (χ3v) is 6.16. The number of aliphatic imine (C=N–C) groups is 1. The van der Waals surface area contributed by atoms with Gasteiger partial charge in [-0.2, -0.15) is 0 Å². The number of aryl methyl sites for hydroxylation is 1. The van der Waals surface area contributed by atoms with E-state index < -0.39 is 11.6 Å². The average Bonchev–Trinajstić information content (AvgIpc) is 3.27. The first-order valence-electron chi connectivity index (χ1n) is 10.8. The van der Waals surface area contributed by atoms with Crippen molar-refractivity contribution in [1.29, 1.82) is 0 Å². The fourth-order valence-corrected chi connectivity index (χ4v) is 4.54. The Morgan fingerprint density at radius 1 is 1.06 bits per heavy atom. The van der Waals surface area contributed by atoms with Crippen molar-refractivity contribution in [3.8, 4) is 5.75 Å². The Morgan fingerprint density at radius 2 is 1.82 bits per heavy atom. The molecule has 8 heteroatoms. The number of hydrogen-bond acceptors (Lipinski definition) is 3. The van der Waals surface area contributed by atoms with Crippen LogP contribution in [-0.4, -0.2) is 36.8 Å². The maximum atomic E-state index is 14.9. The monoisotopic (exact) mass is 530 g/mol. The fourth-order valence-electron chi connectivity index (χ4n) is 4.13. The van der Waals surface area contributed by atoms with E-state index in [0.717, 1.165) is 28.2 Å². The molecule has 0 fully saturated rings. The highest BCUT2D eigenvalue weighted by Gasteiger charge is 2.27. The summed E-state index contributed by atoms with van der Waals surface area (Å²) >= 11 is 3.45. The van der Waals surface area contributed by atoms with Gasteiger partial charge in [0.1, 0.15) is 29.0 Å². The van der Waals surface area contributed by atoms with Gasteiger partial charge in [-0.3, -0.25) is 14.7 Å². The molecule has 176 valence electrons. The SMILES string of the molecule is COc1ccc(Br)cc1CCc1c(F)cccc1C1=NCCN1C(=O)Cc1cc(F)cc(F)c1. The number of amidine groups is 1. The van der Waals surface area contributed by atoms with E-state index in [-0.39, 0.29) is 23.7 Å². The van der Waals surface area contributed by atoms with Gasteiger partial charge in [0, 0.05) is 22.6 Å². The largest absolute Gasteiger partial charge is 0.496 e. The molecule has 0 aliphatic carbocycles. The van der Waals surface area contributed by atoms with Crippen LogP contribution in [0.5, 0.6) is 5.75 Å². The van der Waals surface area contributed by atoms with Crippen LogP contribution in [0.15, 0.2) is 64.1 Å². The van der Waals surface area contributed by atoms with Gasteiger partial charge in [-0.25, -0.2) is 13.2 Å². The fraction of sp³-hybridized carbons (Fsp3) is 0.231. The Balaban J connectivity index is 1.58. The zero-order valence-corrected chi connectivity index (χ0v) is 20.0. The van der Waals surface area contributed by atoms with E-state index in [4.69, 9.17) is 4.74 Å². The van der Waals surface area contributed by atoms with Crippen molar-refractivity contribution in [3.63, 3.8) is 0 Å². The summed E-state index contributed by atoms with van der Waals surface area (Å²) in [5.41, 5.74) is 2.13. The first-order valence-corrected chi connectivity index (χ1v) is 11.5. The van der Waals surface area contributed by atoms with Crippen molar-refractivity contribution in [2.45, 2.75) is 19.3 Å². The molecule has 0 N–H and O–H groups in total. The average molecular weight is 531 g/mol.